The molecule has 1 fully saturated rings. The van der Waals surface area contributed by atoms with Crippen LogP contribution >= 0.6 is 11.6 Å². The second-order valence-electron chi connectivity index (χ2n) is 4.83. The molecule has 0 radical (unpaired) electrons. The molecule has 0 aromatic heterocycles. The Morgan fingerprint density at radius 2 is 2.11 bits per heavy atom. The summed E-state index contributed by atoms with van der Waals surface area (Å²) in [6.45, 7) is 0. The summed E-state index contributed by atoms with van der Waals surface area (Å²) >= 11 is 6.07. The molecule has 18 heavy (non-hydrogen) atoms. The first kappa shape index (κ1) is 13.6. The number of sulfone groups is 1. The van der Waals surface area contributed by atoms with Crippen molar-refractivity contribution >= 4 is 27.1 Å². The Morgan fingerprint density at radius 1 is 1.39 bits per heavy atom. The maximum Gasteiger partial charge on any atom is 0.175 e. The van der Waals surface area contributed by atoms with Gasteiger partial charge in [0.15, 0.2) is 9.84 Å². The molecule has 6 heteroatoms. The van der Waals surface area contributed by atoms with E-state index in [9.17, 15) is 8.42 Å². The predicted molar refractivity (Wildman–Crippen MR) is 73.8 cm³/mol. The molecule has 1 aromatic carbocycles. The topological polar surface area (TPSA) is 72.2 Å². The van der Waals surface area contributed by atoms with E-state index in [0.29, 0.717) is 10.7 Å². The van der Waals surface area contributed by atoms with Crippen molar-refractivity contribution < 1.29 is 8.42 Å². The van der Waals surface area contributed by atoms with E-state index in [-0.39, 0.29) is 17.0 Å². The number of rotatable bonds is 3. The molecule has 1 saturated carbocycles. The Labute approximate surface area is 112 Å². The fourth-order valence-corrected chi connectivity index (χ4v) is 3.03. The lowest BCUT2D eigenvalue weighted by Crippen LogP contribution is -2.21. The van der Waals surface area contributed by atoms with Crippen molar-refractivity contribution in [3.8, 4) is 0 Å². The van der Waals surface area contributed by atoms with Crippen molar-refractivity contribution in [2.24, 2.45) is 5.73 Å². The van der Waals surface area contributed by atoms with Gasteiger partial charge in [-0.3, -0.25) is 0 Å². The lowest BCUT2D eigenvalue weighted by atomic mass is 10.2. The molecular weight excluding hydrogens is 272 g/mol. The van der Waals surface area contributed by atoms with Gasteiger partial charge in [0.2, 0.25) is 0 Å². The van der Waals surface area contributed by atoms with Crippen LogP contribution in [0.25, 0.3) is 0 Å². The fourth-order valence-electron chi connectivity index (χ4n) is 2.21. The monoisotopic (exact) mass is 288 g/mol. The second kappa shape index (κ2) is 5.07. The van der Waals surface area contributed by atoms with Crippen LogP contribution in [-0.4, -0.2) is 26.8 Å². The minimum Gasteiger partial charge on any atom is -0.381 e. The normalized spacial score (nSPS) is 24.2. The largest absolute Gasteiger partial charge is 0.381 e. The molecule has 1 aliphatic rings. The summed E-state index contributed by atoms with van der Waals surface area (Å²) < 4.78 is 23.0. The second-order valence-corrected chi connectivity index (χ2v) is 7.25. The highest BCUT2D eigenvalue weighted by Gasteiger charge is 2.22. The smallest absolute Gasteiger partial charge is 0.175 e. The van der Waals surface area contributed by atoms with Gasteiger partial charge in [-0.25, -0.2) is 8.42 Å². The summed E-state index contributed by atoms with van der Waals surface area (Å²) in [5.41, 5.74) is 6.51. The van der Waals surface area contributed by atoms with Crippen LogP contribution in [0, 0.1) is 0 Å². The van der Waals surface area contributed by atoms with Crippen LogP contribution in [0.2, 0.25) is 5.02 Å². The number of hydrogen-bond acceptors (Lipinski definition) is 4. The molecule has 2 rings (SSSR count). The fraction of sp³-hybridized carbons (Fsp3) is 0.500. The van der Waals surface area contributed by atoms with E-state index in [0.717, 1.165) is 19.3 Å². The maximum atomic E-state index is 11.5. The van der Waals surface area contributed by atoms with Crippen molar-refractivity contribution in [1.82, 2.24) is 0 Å². The molecule has 0 saturated heterocycles. The van der Waals surface area contributed by atoms with Crippen LogP contribution in [0.1, 0.15) is 19.3 Å². The molecule has 100 valence electrons. The van der Waals surface area contributed by atoms with E-state index >= 15 is 0 Å². The molecule has 0 spiro atoms. The van der Waals surface area contributed by atoms with Crippen molar-refractivity contribution in [1.29, 1.82) is 0 Å². The summed E-state index contributed by atoms with van der Waals surface area (Å²) in [4.78, 5) is 0.275. The highest BCUT2D eigenvalue weighted by molar-refractivity contribution is 7.90. The van der Waals surface area contributed by atoms with Gasteiger partial charge in [-0.2, -0.15) is 0 Å². The van der Waals surface area contributed by atoms with Gasteiger partial charge in [-0.15, -0.1) is 0 Å². The number of benzene rings is 1. The van der Waals surface area contributed by atoms with Gasteiger partial charge in [0.25, 0.3) is 0 Å². The molecular formula is C12H17ClN2O2S. The lowest BCUT2D eigenvalue weighted by molar-refractivity contribution is 0.602. The molecule has 1 aliphatic carbocycles. The quantitative estimate of drug-likeness (QED) is 0.893. The number of anilines is 1. The maximum absolute atomic E-state index is 11.5. The lowest BCUT2D eigenvalue weighted by Gasteiger charge is -2.16. The van der Waals surface area contributed by atoms with Gasteiger partial charge < -0.3 is 11.1 Å². The minimum absolute atomic E-state index is 0.222. The molecule has 2 atom stereocenters. The summed E-state index contributed by atoms with van der Waals surface area (Å²) in [6.07, 6.45) is 4.05. The van der Waals surface area contributed by atoms with E-state index in [1.807, 2.05) is 0 Å². The first-order valence-corrected chi connectivity index (χ1v) is 8.15. The Morgan fingerprint density at radius 3 is 2.67 bits per heavy atom. The summed E-state index contributed by atoms with van der Waals surface area (Å²) in [7, 11) is -3.21. The van der Waals surface area contributed by atoms with Gasteiger partial charge in [0.1, 0.15) is 0 Å². The van der Waals surface area contributed by atoms with Crippen molar-refractivity contribution in [2.45, 2.75) is 36.2 Å². The van der Waals surface area contributed by atoms with Crippen LogP contribution in [0.15, 0.2) is 23.1 Å². The van der Waals surface area contributed by atoms with E-state index in [1.165, 1.54) is 12.3 Å². The standard InChI is InChI=1S/C12H17ClN2O2S/c1-18(16,17)10-4-5-11(13)12(7-10)15-9-3-2-8(14)6-9/h4-5,7-9,15H,2-3,6,14H2,1H3. The Bertz CT molecular complexity index is 545. The molecule has 1 aromatic rings. The number of nitrogens with two attached hydrogens (primary N) is 1. The Balaban J connectivity index is 2.22. The molecule has 0 heterocycles. The predicted octanol–water partition coefficient (Wildman–Crippen LogP) is 2.04. The van der Waals surface area contributed by atoms with E-state index in [2.05, 4.69) is 5.32 Å². The van der Waals surface area contributed by atoms with E-state index < -0.39 is 9.84 Å². The van der Waals surface area contributed by atoms with Crippen LogP contribution in [0.5, 0.6) is 0 Å². The zero-order chi connectivity index (χ0) is 13.3. The molecule has 4 nitrogen and oxygen atoms in total. The molecule has 0 bridgehead atoms. The Hall–Kier alpha value is -0.780. The van der Waals surface area contributed by atoms with Crippen molar-refractivity contribution in [2.75, 3.05) is 11.6 Å². The Kier molecular flexibility index (Phi) is 3.84. The molecule has 2 unspecified atom stereocenters. The number of hydrogen-bond donors (Lipinski definition) is 2. The average molecular weight is 289 g/mol. The minimum atomic E-state index is -3.21. The summed E-state index contributed by atoms with van der Waals surface area (Å²) in [6, 6.07) is 5.20. The van der Waals surface area contributed by atoms with Gasteiger partial charge >= 0.3 is 0 Å². The third kappa shape index (κ3) is 3.16. The first-order chi connectivity index (χ1) is 8.36. The summed E-state index contributed by atoms with van der Waals surface area (Å²) in [5, 5.41) is 3.81. The van der Waals surface area contributed by atoms with Crippen LogP contribution in [0.3, 0.4) is 0 Å². The highest BCUT2D eigenvalue weighted by atomic mass is 35.5. The van der Waals surface area contributed by atoms with E-state index in [4.69, 9.17) is 17.3 Å². The van der Waals surface area contributed by atoms with E-state index in [1.54, 1.807) is 12.1 Å². The molecule has 3 N–H and O–H groups in total. The van der Waals surface area contributed by atoms with Gasteiger partial charge in [-0.05, 0) is 37.5 Å². The zero-order valence-corrected chi connectivity index (χ0v) is 11.8. The van der Waals surface area contributed by atoms with Crippen LogP contribution in [0.4, 0.5) is 5.69 Å². The highest BCUT2D eigenvalue weighted by Crippen LogP contribution is 2.29. The third-order valence-electron chi connectivity index (χ3n) is 3.20. The third-order valence-corrected chi connectivity index (χ3v) is 4.64. The van der Waals surface area contributed by atoms with Crippen LogP contribution in [-0.2, 0) is 9.84 Å². The number of nitrogens with one attached hydrogen (secondary N) is 1. The van der Waals surface area contributed by atoms with Gasteiger partial charge in [0, 0.05) is 18.3 Å². The van der Waals surface area contributed by atoms with Gasteiger partial charge in [-0.1, -0.05) is 11.6 Å². The van der Waals surface area contributed by atoms with Crippen LogP contribution < -0.4 is 11.1 Å². The molecule has 0 amide bonds. The zero-order valence-electron chi connectivity index (χ0n) is 10.2. The van der Waals surface area contributed by atoms with Gasteiger partial charge in [0.05, 0.1) is 15.6 Å². The number of halogens is 1. The first-order valence-electron chi connectivity index (χ1n) is 5.88. The van der Waals surface area contributed by atoms with Crippen molar-refractivity contribution in [3.63, 3.8) is 0 Å². The SMILES string of the molecule is CS(=O)(=O)c1ccc(Cl)c(NC2CCC(N)C2)c1. The molecule has 0 aliphatic heterocycles. The van der Waals surface area contributed by atoms with Crippen molar-refractivity contribution in [3.05, 3.63) is 23.2 Å². The average Bonchev–Trinajstić information content (AvgIpc) is 2.66. The summed E-state index contributed by atoms with van der Waals surface area (Å²) in [5.74, 6) is 0.